The van der Waals surface area contributed by atoms with E-state index in [-0.39, 0.29) is 0 Å². The van der Waals surface area contributed by atoms with E-state index in [0.717, 1.165) is 0 Å². The van der Waals surface area contributed by atoms with E-state index in [1.807, 2.05) is 34.0 Å². The molecule has 0 nitrogen and oxygen atoms in total. The van der Waals surface area contributed by atoms with E-state index in [4.69, 9.17) is 0 Å². The fourth-order valence-corrected chi connectivity index (χ4v) is 7.39. The quantitative estimate of drug-likeness (QED) is 0.212. The van der Waals surface area contributed by atoms with Crippen molar-refractivity contribution in [1.29, 1.82) is 0 Å². The largest absolute Gasteiger partial charge is 0.133 e. The van der Waals surface area contributed by atoms with E-state index in [0.29, 0.717) is 0 Å². The lowest BCUT2D eigenvalue weighted by Gasteiger charge is -1.93. The lowest BCUT2D eigenvalue weighted by atomic mass is 10.1. The Bertz CT molecular complexity index is 1380. The number of hydrogen-bond acceptors (Lipinski definition) is 3. The fraction of sp³-hybridized carbons (Fsp3) is 0.0667. The standard InChI is InChI=1S/C30H24S3/c1-21-11-15-23(16-12-21)7-3-5-9-25-19-27-29(31-25)30-28(33-27)20-26(32-30)10-6-4-8-24-17-13-22(2)14-18-24/h3-20H,1-2H3/b7-3+,8-4+,9-5+,10-6+. The molecule has 3 aromatic heterocycles. The predicted molar refractivity (Wildman–Crippen MR) is 154 cm³/mol. The van der Waals surface area contributed by atoms with Crippen molar-refractivity contribution in [2.24, 2.45) is 0 Å². The summed E-state index contributed by atoms with van der Waals surface area (Å²) in [7, 11) is 0. The average Bonchev–Trinajstić information content (AvgIpc) is 3.47. The highest BCUT2D eigenvalue weighted by Gasteiger charge is 2.11. The molecule has 2 aromatic carbocycles. The summed E-state index contributed by atoms with van der Waals surface area (Å²) in [4.78, 5) is 2.61. The van der Waals surface area contributed by atoms with Gasteiger partial charge in [0.05, 0.1) is 9.40 Å². The van der Waals surface area contributed by atoms with Crippen LogP contribution in [0.4, 0.5) is 0 Å². The molecule has 0 aliphatic rings. The van der Waals surface area contributed by atoms with Gasteiger partial charge in [-0.15, -0.1) is 34.0 Å². The summed E-state index contributed by atoms with van der Waals surface area (Å²) in [6.45, 7) is 4.23. The first-order chi connectivity index (χ1) is 16.1. The van der Waals surface area contributed by atoms with Crippen molar-refractivity contribution in [3.8, 4) is 0 Å². The summed E-state index contributed by atoms with van der Waals surface area (Å²) >= 11 is 5.66. The van der Waals surface area contributed by atoms with Crippen molar-refractivity contribution in [3.63, 3.8) is 0 Å². The maximum Gasteiger partial charge on any atom is 0.0635 e. The average molecular weight is 481 g/mol. The normalized spacial score (nSPS) is 12.7. The van der Waals surface area contributed by atoms with E-state index in [1.165, 1.54) is 50.8 Å². The van der Waals surface area contributed by atoms with Crippen LogP contribution in [0.5, 0.6) is 0 Å². The number of benzene rings is 2. The molecule has 162 valence electrons. The minimum absolute atomic E-state index is 1.23. The Labute approximate surface area is 207 Å². The molecule has 5 aromatic rings. The molecule has 0 fully saturated rings. The summed E-state index contributed by atoms with van der Waals surface area (Å²) in [5.41, 5.74) is 5.04. The summed E-state index contributed by atoms with van der Waals surface area (Å²) in [6.07, 6.45) is 17.2. The first-order valence-electron chi connectivity index (χ1n) is 10.9. The van der Waals surface area contributed by atoms with Gasteiger partial charge in [-0.25, -0.2) is 0 Å². The fourth-order valence-electron chi connectivity index (χ4n) is 3.52. The minimum atomic E-state index is 1.23. The van der Waals surface area contributed by atoms with Crippen LogP contribution in [-0.2, 0) is 0 Å². The molecular formula is C30H24S3. The lowest BCUT2D eigenvalue weighted by molar-refractivity contribution is 1.46. The summed E-state index contributed by atoms with van der Waals surface area (Å²) in [5.74, 6) is 0. The van der Waals surface area contributed by atoms with Crippen LogP contribution in [0, 0.1) is 13.8 Å². The van der Waals surface area contributed by atoms with Crippen LogP contribution in [0.2, 0.25) is 0 Å². The van der Waals surface area contributed by atoms with Crippen LogP contribution >= 0.6 is 34.0 Å². The van der Waals surface area contributed by atoms with Gasteiger partial charge in [0.15, 0.2) is 0 Å². The predicted octanol–water partition coefficient (Wildman–Crippen LogP) is 10.2. The number of hydrogen-bond donors (Lipinski definition) is 0. The van der Waals surface area contributed by atoms with Crippen molar-refractivity contribution in [1.82, 2.24) is 0 Å². The Morgan fingerprint density at radius 2 is 0.879 bits per heavy atom. The number of allylic oxidation sites excluding steroid dienone is 4. The molecule has 0 aliphatic heterocycles. The molecule has 0 unspecified atom stereocenters. The van der Waals surface area contributed by atoms with Crippen molar-refractivity contribution < 1.29 is 0 Å². The van der Waals surface area contributed by atoms with Gasteiger partial charge in [-0.05, 0) is 49.3 Å². The second kappa shape index (κ2) is 9.88. The Morgan fingerprint density at radius 1 is 0.485 bits per heavy atom. The zero-order valence-corrected chi connectivity index (χ0v) is 21.1. The Kier molecular flexibility index (Phi) is 6.54. The smallest absolute Gasteiger partial charge is 0.0635 e. The van der Waals surface area contributed by atoms with Crippen LogP contribution in [0.1, 0.15) is 32.0 Å². The van der Waals surface area contributed by atoms with Gasteiger partial charge in [0.2, 0.25) is 0 Å². The highest BCUT2D eigenvalue weighted by molar-refractivity contribution is 7.38. The van der Waals surface area contributed by atoms with Crippen LogP contribution in [0.3, 0.4) is 0 Å². The SMILES string of the molecule is Cc1ccc(/C=C/C=C/c2cc3sc4cc(/C=C/C=C/c5ccc(C)cc5)sc4c3s2)cc1. The van der Waals surface area contributed by atoms with E-state index in [9.17, 15) is 0 Å². The number of thiophene rings is 3. The Morgan fingerprint density at radius 3 is 1.30 bits per heavy atom. The highest BCUT2D eigenvalue weighted by Crippen LogP contribution is 2.44. The van der Waals surface area contributed by atoms with Crippen LogP contribution in [-0.4, -0.2) is 0 Å². The third-order valence-corrected chi connectivity index (χ3v) is 9.04. The maximum absolute atomic E-state index is 2.31. The molecule has 33 heavy (non-hydrogen) atoms. The molecule has 5 rings (SSSR count). The second-order valence-electron chi connectivity index (χ2n) is 8.04. The first-order valence-corrected chi connectivity index (χ1v) is 13.4. The van der Waals surface area contributed by atoms with Gasteiger partial charge in [-0.1, -0.05) is 96.1 Å². The number of rotatable bonds is 6. The zero-order valence-electron chi connectivity index (χ0n) is 18.6. The maximum atomic E-state index is 2.31. The molecule has 0 aliphatic carbocycles. The monoisotopic (exact) mass is 480 g/mol. The second-order valence-corrected chi connectivity index (χ2v) is 11.3. The van der Waals surface area contributed by atoms with E-state index in [2.05, 4.69) is 123 Å². The lowest BCUT2D eigenvalue weighted by Crippen LogP contribution is -1.72. The van der Waals surface area contributed by atoms with Crippen LogP contribution in [0.25, 0.3) is 43.1 Å². The van der Waals surface area contributed by atoms with Crippen molar-refractivity contribution in [2.45, 2.75) is 13.8 Å². The molecule has 0 amide bonds. The van der Waals surface area contributed by atoms with Gasteiger partial charge in [0.1, 0.15) is 0 Å². The highest BCUT2D eigenvalue weighted by atomic mass is 32.1. The molecule has 0 spiro atoms. The van der Waals surface area contributed by atoms with Gasteiger partial charge in [-0.3, -0.25) is 0 Å². The van der Waals surface area contributed by atoms with Gasteiger partial charge in [-0.2, -0.15) is 0 Å². The third-order valence-electron chi connectivity index (χ3n) is 5.34. The molecule has 3 heterocycles. The van der Waals surface area contributed by atoms with Crippen molar-refractivity contribution in [3.05, 3.63) is 117 Å². The van der Waals surface area contributed by atoms with E-state index in [1.54, 1.807) is 0 Å². The van der Waals surface area contributed by atoms with Crippen molar-refractivity contribution >= 4 is 77.1 Å². The molecule has 0 bridgehead atoms. The third kappa shape index (κ3) is 5.33. The van der Waals surface area contributed by atoms with Gasteiger partial charge in [0, 0.05) is 19.2 Å². The number of fused-ring (bicyclic) bond motifs is 3. The summed E-state index contributed by atoms with van der Waals surface area (Å²) in [6, 6.07) is 21.8. The van der Waals surface area contributed by atoms with Gasteiger partial charge < -0.3 is 0 Å². The summed E-state index contributed by atoms with van der Waals surface area (Å²) < 4.78 is 5.60. The Balaban J connectivity index is 1.28. The molecule has 0 saturated carbocycles. The van der Waals surface area contributed by atoms with E-state index >= 15 is 0 Å². The molecular weight excluding hydrogens is 457 g/mol. The molecule has 0 atom stereocenters. The van der Waals surface area contributed by atoms with Crippen LogP contribution < -0.4 is 0 Å². The molecule has 0 radical (unpaired) electrons. The molecule has 3 heteroatoms. The van der Waals surface area contributed by atoms with Crippen LogP contribution in [0.15, 0.2) is 85.0 Å². The molecule has 0 N–H and O–H groups in total. The summed E-state index contributed by atoms with van der Waals surface area (Å²) in [5, 5.41) is 0. The number of aryl methyl sites for hydroxylation is 2. The van der Waals surface area contributed by atoms with Gasteiger partial charge in [0.25, 0.3) is 0 Å². The zero-order chi connectivity index (χ0) is 22.6. The van der Waals surface area contributed by atoms with Crippen molar-refractivity contribution in [2.75, 3.05) is 0 Å². The topological polar surface area (TPSA) is 0 Å². The Hall–Kier alpha value is -2.98. The molecule has 0 saturated heterocycles. The van der Waals surface area contributed by atoms with E-state index < -0.39 is 0 Å². The minimum Gasteiger partial charge on any atom is -0.133 e. The van der Waals surface area contributed by atoms with Gasteiger partial charge >= 0.3 is 0 Å². The first kappa shape index (κ1) is 21.8.